The minimum absolute atomic E-state index is 0.0342. The summed E-state index contributed by atoms with van der Waals surface area (Å²) in [5, 5.41) is 0. The zero-order chi connectivity index (χ0) is 29.1. The molecular weight excluding hydrogens is 525 g/mol. The number of fused-ring (bicyclic) bond motifs is 1. The standard InChI is InChI=1S/C20H18O4.C9H7F3O2.C2H4/c21-19-11-16-10-17(12-18(16)24-19)23-20(22)15-8-6-14(7-9-15)13-4-2-1-3-5-13;10-9(11,12)7-2-1-3-8(6-7)14-5-4-13;1-2/h1-9,16-18H,10-12H2;1-4,6H,5H2;1-2H2/t16-,17-,18-;;/m0../s1. The number of hydrogen-bond donors (Lipinski definition) is 0. The van der Waals surface area contributed by atoms with Gasteiger partial charge in [-0.05, 0) is 47.9 Å². The van der Waals surface area contributed by atoms with Crippen LogP contribution in [0.15, 0.2) is 92.0 Å². The van der Waals surface area contributed by atoms with E-state index < -0.39 is 11.7 Å². The number of halogens is 3. The van der Waals surface area contributed by atoms with Gasteiger partial charge in [-0.25, -0.2) is 4.79 Å². The van der Waals surface area contributed by atoms with E-state index in [1.165, 1.54) is 12.1 Å². The summed E-state index contributed by atoms with van der Waals surface area (Å²) in [7, 11) is 0. The molecule has 0 N–H and O–H groups in total. The molecule has 5 rings (SSSR count). The molecule has 1 aliphatic carbocycles. The van der Waals surface area contributed by atoms with Gasteiger partial charge in [0.25, 0.3) is 0 Å². The second kappa shape index (κ2) is 14.1. The highest BCUT2D eigenvalue weighted by Crippen LogP contribution is 2.38. The Morgan fingerprint density at radius 1 is 0.950 bits per heavy atom. The maximum absolute atomic E-state index is 12.3. The summed E-state index contributed by atoms with van der Waals surface area (Å²) < 4.78 is 52.0. The smallest absolute Gasteiger partial charge is 0.416 e. The monoisotopic (exact) mass is 554 g/mol. The number of esters is 2. The van der Waals surface area contributed by atoms with Gasteiger partial charge in [-0.3, -0.25) is 9.59 Å². The van der Waals surface area contributed by atoms with E-state index in [4.69, 9.17) is 14.2 Å². The highest BCUT2D eigenvalue weighted by Gasteiger charge is 2.44. The highest BCUT2D eigenvalue weighted by molar-refractivity contribution is 5.90. The van der Waals surface area contributed by atoms with Gasteiger partial charge in [0, 0.05) is 12.3 Å². The van der Waals surface area contributed by atoms with E-state index in [-0.39, 0.29) is 42.4 Å². The highest BCUT2D eigenvalue weighted by atomic mass is 19.4. The molecule has 40 heavy (non-hydrogen) atoms. The van der Waals surface area contributed by atoms with E-state index in [1.54, 1.807) is 12.1 Å². The number of carbonyl (C=O) groups excluding carboxylic acids is 3. The summed E-state index contributed by atoms with van der Waals surface area (Å²) in [4.78, 5) is 33.4. The maximum Gasteiger partial charge on any atom is 0.416 e. The Balaban J connectivity index is 0.000000236. The number of aldehydes is 1. The van der Waals surface area contributed by atoms with Crippen molar-refractivity contribution >= 4 is 18.2 Å². The summed E-state index contributed by atoms with van der Waals surface area (Å²) in [5.74, 6) is -0.208. The molecule has 1 saturated carbocycles. The third kappa shape index (κ3) is 8.30. The SMILES string of the molecule is C=C.O=C1C[C@@H]2C[C@H](OC(=O)c3ccc(-c4ccccc4)cc3)C[C@@H]2O1.O=CCOc1cccc(C(F)(F)F)c1. The number of alkyl halides is 3. The molecule has 3 atom stereocenters. The topological polar surface area (TPSA) is 78.9 Å². The van der Waals surface area contributed by atoms with Gasteiger partial charge in [0.2, 0.25) is 0 Å². The Morgan fingerprint density at radius 3 is 2.25 bits per heavy atom. The van der Waals surface area contributed by atoms with Crippen LogP contribution in [0.2, 0.25) is 0 Å². The van der Waals surface area contributed by atoms with Crippen molar-refractivity contribution in [2.24, 2.45) is 5.92 Å². The number of carbonyl (C=O) groups is 3. The third-order valence-electron chi connectivity index (χ3n) is 6.28. The summed E-state index contributed by atoms with van der Waals surface area (Å²) >= 11 is 0. The second-order valence-corrected chi connectivity index (χ2v) is 8.94. The first-order chi connectivity index (χ1) is 19.2. The fourth-order valence-electron chi connectivity index (χ4n) is 4.46. The minimum Gasteiger partial charge on any atom is -0.486 e. The Labute approximate surface area is 230 Å². The van der Waals surface area contributed by atoms with Crippen molar-refractivity contribution in [2.75, 3.05) is 6.61 Å². The lowest BCUT2D eigenvalue weighted by molar-refractivity contribution is -0.142. The van der Waals surface area contributed by atoms with E-state index in [2.05, 4.69) is 13.2 Å². The molecule has 6 nitrogen and oxygen atoms in total. The average Bonchev–Trinajstić information content (AvgIpc) is 3.50. The first-order valence-corrected chi connectivity index (χ1v) is 12.5. The van der Waals surface area contributed by atoms with Crippen molar-refractivity contribution in [2.45, 2.75) is 37.6 Å². The van der Waals surface area contributed by atoms with Crippen molar-refractivity contribution in [3.8, 4) is 16.9 Å². The number of hydrogen-bond acceptors (Lipinski definition) is 6. The van der Waals surface area contributed by atoms with Crippen LogP contribution in [0.1, 0.15) is 35.2 Å². The van der Waals surface area contributed by atoms with E-state index in [0.29, 0.717) is 31.1 Å². The molecule has 3 aromatic carbocycles. The first kappa shape index (κ1) is 30.1. The van der Waals surface area contributed by atoms with Crippen LogP contribution in [0, 0.1) is 5.92 Å². The third-order valence-corrected chi connectivity index (χ3v) is 6.28. The van der Waals surface area contributed by atoms with Crippen LogP contribution in [0.5, 0.6) is 5.75 Å². The van der Waals surface area contributed by atoms with E-state index in [9.17, 15) is 27.6 Å². The molecule has 0 unspecified atom stereocenters. The molecule has 0 radical (unpaired) electrons. The predicted molar refractivity (Wildman–Crippen MR) is 143 cm³/mol. The molecule has 1 saturated heterocycles. The summed E-state index contributed by atoms with van der Waals surface area (Å²) in [6, 6.07) is 21.8. The molecule has 0 bridgehead atoms. The maximum atomic E-state index is 12.3. The lowest BCUT2D eigenvalue weighted by atomic mass is 10.0. The molecule has 2 fully saturated rings. The van der Waals surface area contributed by atoms with Crippen LogP contribution in [-0.4, -0.2) is 37.0 Å². The minimum atomic E-state index is -4.39. The molecule has 210 valence electrons. The van der Waals surface area contributed by atoms with Gasteiger partial charge < -0.3 is 14.2 Å². The molecule has 0 amide bonds. The van der Waals surface area contributed by atoms with Crippen LogP contribution in [0.25, 0.3) is 11.1 Å². The van der Waals surface area contributed by atoms with Crippen molar-refractivity contribution in [3.63, 3.8) is 0 Å². The van der Waals surface area contributed by atoms with Gasteiger partial charge in [0.15, 0.2) is 6.29 Å². The summed E-state index contributed by atoms with van der Waals surface area (Å²) in [6.45, 7) is 5.75. The predicted octanol–water partition coefficient (Wildman–Crippen LogP) is 6.69. The molecular formula is C31H29F3O6. The van der Waals surface area contributed by atoms with Crippen molar-refractivity contribution in [1.82, 2.24) is 0 Å². The number of ether oxygens (including phenoxy) is 3. The van der Waals surface area contributed by atoms with Crippen molar-refractivity contribution in [3.05, 3.63) is 103 Å². The van der Waals surface area contributed by atoms with Gasteiger partial charge in [-0.1, -0.05) is 48.5 Å². The van der Waals surface area contributed by atoms with E-state index in [0.717, 1.165) is 23.3 Å². The van der Waals surface area contributed by atoms with Crippen LogP contribution >= 0.6 is 0 Å². The molecule has 1 heterocycles. The van der Waals surface area contributed by atoms with Gasteiger partial charge >= 0.3 is 18.1 Å². The Morgan fingerprint density at radius 2 is 1.62 bits per heavy atom. The normalized spacial score (nSPS) is 19.1. The summed E-state index contributed by atoms with van der Waals surface area (Å²) in [5.41, 5.74) is 1.93. The second-order valence-electron chi connectivity index (χ2n) is 8.94. The number of benzene rings is 3. The molecule has 2 aliphatic rings. The zero-order valence-electron chi connectivity index (χ0n) is 21.6. The zero-order valence-corrected chi connectivity index (χ0v) is 21.6. The Hall–Kier alpha value is -4.40. The molecule has 0 aromatic heterocycles. The fourth-order valence-corrected chi connectivity index (χ4v) is 4.46. The quantitative estimate of drug-likeness (QED) is 0.192. The van der Waals surface area contributed by atoms with Crippen LogP contribution in [-0.2, 0) is 25.2 Å². The summed E-state index contributed by atoms with van der Waals surface area (Å²) in [6.07, 6.45) is -2.37. The Kier molecular flexibility index (Phi) is 10.6. The van der Waals surface area contributed by atoms with Crippen LogP contribution in [0.3, 0.4) is 0 Å². The van der Waals surface area contributed by atoms with Gasteiger partial charge in [-0.2, -0.15) is 13.2 Å². The Bertz CT molecular complexity index is 1260. The number of rotatable bonds is 6. The lowest BCUT2D eigenvalue weighted by Crippen LogP contribution is -2.17. The lowest BCUT2D eigenvalue weighted by Gasteiger charge is -2.13. The van der Waals surface area contributed by atoms with Gasteiger partial charge in [-0.15, -0.1) is 13.2 Å². The van der Waals surface area contributed by atoms with E-state index >= 15 is 0 Å². The van der Waals surface area contributed by atoms with Gasteiger partial charge in [0.1, 0.15) is 24.6 Å². The van der Waals surface area contributed by atoms with E-state index in [1.807, 2.05) is 42.5 Å². The van der Waals surface area contributed by atoms with Crippen molar-refractivity contribution < 1.29 is 41.8 Å². The molecule has 3 aromatic rings. The van der Waals surface area contributed by atoms with Crippen molar-refractivity contribution in [1.29, 1.82) is 0 Å². The molecule has 1 aliphatic heterocycles. The first-order valence-electron chi connectivity index (χ1n) is 12.5. The largest absolute Gasteiger partial charge is 0.486 e. The average molecular weight is 555 g/mol. The fraction of sp³-hybridized carbons (Fsp3) is 0.258. The van der Waals surface area contributed by atoms with Crippen LogP contribution in [0.4, 0.5) is 13.2 Å². The molecule has 0 spiro atoms. The van der Waals surface area contributed by atoms with Gasteiger partial charge in [0.05, 0.1) is 17.5 Å². The molecule has 9 heteroatoms. The van der Waals surface area contributed by atoms with Crippen LogP contribution < -0.4 is 4.74 Å².